The van der Waals surface area contributed by atoms with Crippen LogP contribution in [-0.2, 0) is 13.1 Å². The van der Waals surface area contributed by atoms with Crippen molar-refractivity contribution in [1.29, 1.82) is 0 Å². The highest BCUT2D eigenvalue weighted by atomic mass is 32.1. The third kappa shape index (κ3) is 1.56. The van der Waals surface area contributed by atoms with Crippen LogP contribution in [-0.4, -0.2) is 15.9 Å². The van der Waals surface area contributed by atoms with Crippen LogP contribution in [0.5, 0.6) is 0 Å². The number of nitrogens with zero attached hydrogens (tertiary/aromatic N) is 2. The van der Waals surface area contributed by atoms with Gasteiger partial charge in [0, 0.05) is 24.0 Å². The lowest BCUT2D eigenvalue weighted by atomic mass is 9.54. The van der Waals surface area contributed by atoms with Crippen LogP contribution in [0.25, 0.3) is 0 Å². The van der Waals surface area contributed by atoms with E-state index in [9.17, 15) is 0 Å². The molecule has 1 aliphatic heterocycles. The summed E-state index contributed by atoms with van der Waals surface area (Å²) in [6.45, 7) is 2.19. The van der Waals surface area contributed by atoms with Gasteiger partial charge < -0.3 is 5.73 Å². The molecule has 0 amide bonds. The van der Waals surface area contributed by atoms with Crippen molar-refractivity contribution >= 4 is 16.5 Å². The first kappa shape index (κ1) is 11.1. The Bertz CT molecular complexity index is 472. The lowest BCUT2D eigenvalue weighted by Gasteiger charge is -2.56. The molecule has 6 rings (SSSR count). The molecule has 1 aromatic rings. The van der Waals surface area contributed by atoms with Crippen LogP contribution in [0.4, 0.5) is 5.13 Å². The zero-order valence-electron chi connectivity index (χ0n) is 11.2. The second-order valence-corrected chi connectivity index (χ2v) is 8.36. The first-order valence-corrected chi connectivity index (χ1v) is 8.56. The first-order valence-electron chi connectivity index (χ1n) is 7.74. The molecule has 2 N–H and O–H groups in total. The molecule has 19 heavy (non-hydrogen) atoms. The van der Waals surface area contributed by atoms with Gasteiger partial charge in [0.25, 0.3) is 0 Å². The first-order chi connectivity index (χ1) is 9.26. The van der Waals surface area contributed by atoms with Crippen molar-refractivity contribution in [2.75, 3.05) is 5.73 Å². The van der Waals surface area contributed by atoms with Crippen molar-refractivity contribution < 1.29 is 0 Å². The molecule has 4 heteroatoms. The van der Waals surface area contributed by atoms with Gasteiger partial charge in [-0.1, -0.05) is 0 Å². The molecule has 102 valence electrons. The number of nitrogens with two attached hydrogens (primary N) is 1. The minimum atomic E-state index is 0.759. The Kier molecular flexibility index (Phi) is 2.18. The molecule has 4 aliphatic carbocycles. The van der Waals surface area contributed by atoms with Gasteiger partial charge in [-0.2, -0.15) is 0 Å². The average Bonchev–Trinajstić information content (AvgIpc) is 2.84. The zero-order chi connectivity index (χ0) is 12.6. The van der Waals surface area contributed by atoms with E-state index in [4.69, 9.17) is 5.73 Å². The number of anilines is 1. The van der Waals surface area contributed by atoms with Crippen molar-refractivity contribution in [3.8, 4) is 0 Å². The van der Waals surface area contributed by atoms with Crippen molar-refractivity contribution in [1.82, 2.24) is 9.88 Å². The van der Waals surface area contributed by atoms with Gasteiger partial charge in [0.05, 0.1) is 5.69 Å². The second kappa shape index (κ2) is 3.73. The van der Waals surface area contributed by atoms with Crippen molar-refractivity contribution in [2.24, 2.45) is 23.7 Å². The Morgan fingerprint density at radius 3 is 2.32 bits per heavy atom. The van der Waals surface area contributed by atoms with Crippen LogP contribution in [0.1, 0.15) is 42.7 Å². The fraction of sp³-hybridized carbons (Fsp3) is 0.800. The van der Waals surface area contributed by atoms with Gasteiger partial charge in [0.15, 0.2) is 5.13 Å². The quantitative estimate of drug-likeness (QED) is 0.857. The Labute approximate surface area is 118 Å². The highest BCUT2D eigenvalue weighted by Gasteiger charge is 2.50. The number of thiazole rings is 1. The maximum absolute atomic E-state index is 5.82. The lowest BCUT2D eigenvalue weighted by molar-refractivity contribution is -0.0673. The highest BCUT2D eigenvalue weighted by molar-refractivity contribution is 7.15. The number of hydrogen-bond donors (Lipinski definition) is 1. The van der Waals surface area contributed by atoms with Crippen molar-refractivity contribution in [3.63, 3.8) is 0 Å². The summed E-state index contributed by atoms with van der Waals surface area (Å²) < 4.78 is 0. The molecule has 4 bridgehead atoms. The standard InChI is InChI=1S/C15H21N3S/c16-15-17-12-6-18(7-13(12)19-15)14-10-2-8-1-9(4-10)5-11(14)3-8/h8-11,14H,1-7H2,(H2,16,17). The molecule has 1 aromatic heterocycles. The molecule has 0 unspecified atom stereocenters. The van der Waals surface area contributed by atoms with Gasteiger partial charge in [-0.25, -0.2) is 4.98 Å². The summed E-state index contributed by atoms with van der Waals surface area (Å²) >= 11 is 1.71. The predicted molar refractivity (Wildman–Crippen MR) is 76.6 cm³/mol. The molecule has 0 aromatic carbocycles. The smallest absolute Gasteiger partial charge is 0.180 e. The molecule has 5 aliphatic rings. The van der Waals surface area contributed by atoms with Crippen LogP contribution < -0.4 is 5.73 Å². The van der Waals surface area contributed by atoms with E-state index < -0.39 is 0 Å². The monoisotopic (exact) mass is 275 g/mol. The molecule has 0 saturated heterocycles. The number of hydrogen-bond acceptors (Lipinski definition) is 4. The minimum absolute atomic E-state index is 0.759. The molecule has 4 fully saturated rings. The van der Waals surface area contributed by atoms with E-state index in [-0.39, 0.29) is 0 Å². The zero-order valence-corrected chi connectivity index (χ0v) is 12.0. The molecule has 2 heterocycles. The maximum Gasteiger partial charge on any atom is 0.180 e. The Balaban J connectivity index is 1.41. The molecular formula is C15H21N3S. The van der Waals surface area contributed by atoms with Gasteiger partial charge in [-0.3, -0.25) is 4.90 Å². The second-order valence-electron chi connectivity index (χ2n) is 7.25. The fourth-order valence-corrected chi connectivity index (χ4v) is 6.65. The van der Waals surface area contributed by atoms with Gasteiger partial charge in [-0.15, -0.1) is 11.3 Å². The maximum atomic E-state index is 5.82. The number of rotatable bonds is 1. The van der Waals surface area contributed by atoms with Gasteiger partial charge in [0.2, 0.25) is 0 Å². The van der Waals surface area contributed by atoms with Gasteiger partial charge >= 0.3 is 0 Å². The summed E-state index contributed by atoms with van der Waals surface area (Å²) in [7, 11) is 0. The summed E-state index contributed by atoms with van der Waals surface area (Å²) in [6.07, 6.45) is 7.59. The number of fused-ring (bicyclic) bond motifs is 1. The molecule has 3 nitrogen and oxygen atoms in total. The fourth-order valence-electron chi connectivity index (χ4n) is 5.79. The van der Waals surface area contributed by atoms with Crippen molar-refractivity contribution in [3.05, 3.63) is 10.6 Å². The predicted octanol–water partition coefficient (Wildman–Crippen LogP) is 2.87. The van der Waals surface area contributed by atoms with Crippen LogP contribution in [0.2, 0.25) is 0 Å². The summed E-state index contributed by atoms with van der Waals surface area (Å²) in [5, 5.41) is 0.759. The molecule has 0 atom stereocenters. The van der Waals surface area contributed by atoms with E-state index in [1.807, 2.05) is 0 Å². The van der Waals surface area contributed by atoms with E-state index in [1.165, 1.54) is 36.3 Å². The minimum Gasteiger partial charge on any atom is -0.375 e. The number of nitrogen functional groups attached to an aromatic ring is 1. The van der Waals surface area contributed by atoms with E-state index >= 15 is 0 Å². The highest BCUT2D eigenvalue weighted by Crippen LogP contribution is 2.56. The third-order valence-corrected chi connectivity index (χ3v) is 7.00. The topological polar surface area (TPSA) is 42.1 Å². The van der Waals surface area contributed by atoms with E-state index in [2.05, 4.69) is 9.88 Å². The number of aromatic nitrogens is 1. The summed E-state index contributed by atoms with van der Waals surface area (Å²) in [4.78, 5) is 8.68. The van der Waals surface area contributed by atoms with Crippen LogP contribution in [0, 0.1) is 23.7 Å². The average molecular weight is 275 g/mol. The molecule has 0 radical (unpaired) electrons. The van der Waals surface area contributed by atoms with E-state index in [1.54, 1.807) is 17.8 Å². The molecule has 4 saturated carbocycles. The Morgan fingerprint density at radius 2 is 1.68 bits per heavy atom. The summed E-state index contributed by atoms with van der Waals surface area (Å²) in [5.41, 5.74) is 7.09. The van der Waals surface area contributed by atoms with E-state index in [0.717, 1.165) is 47.9 Å². The Morgan fingerprint density at radius 1 is 1.00 bits per heavy atom. The van der Waals surface area contributed by atoms with Crippen LogP contribution in [0.15, 0.2) is 0 Å². The summed E-state index contributed by atoms with van der Waals surface area (Å²) in [6, 6.07) is 0.857. The largest absolute Gasteiger partial charge is 0.375 e. The van der Waals surface area contributed by atoms with Gasteiger partial charge in [-0.05, 0) is 55.8 Å². The third-order valence-electron chi connectivity index (χ3n) is 6.09. The molecular weight excluding hydrogens is 254 g/mol. The van der Waals surface area contributed by atoms with Gasteiger partial charge in [0.1, 0.15) is 0 Å². The Hall–Kier alpha value is -0.610. The SMILES string of the molecule is Nc1nc2c(s1)CN(C1C3CC4CC(C3)CC1C4)C2. The van der Waals surface area contributed by atoms with Crippen LogP contribution >= 0.6 is 11.3 Å². The summed E-state index contributed by atoms with van der Waals surface area (Å²) in [5.74, 6) is 4.12. The van der Waals surface area contributed by atoms with E-state index in [0.29, 0.717) is 0 Å². The normalized spacial score (nSPS) is 43.9. The molecule has 0 spiro atoms. The van der Waals surface area contributed by atoms with Crippen LogP contribution in [0.3, 0.4) is 0 Å². The lowest BCUT2D eigenvalue weighted by Crippen LogP contribution is -2.54. The van der Waals surface area contributed by atoms with Crippen molar-refractivity contribution in [2.45, 2.75) is 51.2 Å².